The monoisotopic (exact) mass is 1370 g/mol. The third-order valence-electron chi connectivity index (χ3n) is 17.8. The quantitative estimate of drug-likeness (QED) is 0.0222. The highest BCUT2D eigenvalue weighted by Gasteiger charge is 2.30. The smallest absolute Gasteiger partial charge is 0.462 e. The highest BCUT2D eigenvalue weighted by Crippen LogP contribution is 2.45. The molecule has 0 aliphatic rings. The Morgan fingerprint density at radius 2 is 0.516 bits per heavy atom. The molecule has 0 aliphatic heterocycles. The molecule has 0 heterocycles. The Hall–Kier alpha value is -1.94. The van der Waals surface area contributed by atoms with Crippen LogP contribution in [0.2, 0.25) is 0 Å². The van der Waals surface area contributed by atoms with Crippen molar-refractivity contribution in [2.24, 2.45) is 23.7 Å². The maximum absolute atomic E-state index is 13.1. The second-order valence-electron chi connectivity index (χ2n) is 28.1. The summed E-state index contributed by atoms with van der Waals surface area (Å²) in [4.78, 5) is 72.7. The van der Waals surface area contributed by atoms with Gasteiger partial charge in [0.2, 0.25) is 0 Å². The molecule has 0 saturated carbocycles. The van der Waals surface area contributed by atoms with E-state index < -0.39 is 97.5 Å². The van der Waals surface area contributed by atoms with Gasteiger partial charge in [0.1, 0.15) is 19.3 Å². The van der Waals surface area contributed by atoms with E-state index in [-0.39, 0.29) is 25.7 Å². The van der Waals surface area contributed by atoms with Gasteiger partial charge in [0.25, 0.3) is 0 Å². The number of phosphoric acid groups is 2. The van der Waals surface area contributed by atoms with Gasteiger partial charge in [-0.3, -0.25) is 37.3 Å². The van der Waals surface area contributed by atoms with Crippen LogP contribution in [0.5, 0.6) is 0 Å². The molecule has 0 radical (unpaired) electrons. The predicted octanol–water partition coefficient (Wildman–Crippen LogP) is 21.3. The minimum atomic E-state index is -4.96. The van der Waals surface area contributed by atoms with Crippen LogP contribution in [0, 0.1) is 23.7 Å². The first-order chi connectivity index (χ1) is 44.7. The van der Waals surface area contributed by atoms with E-state index >= 15 is 0 Å². The number of aliphatic hydroxyl groups excluding tert-OH is 1. The third-order valence-corrected chi connectivity index (χ3v) is 19.7. The summed E-state index contributed by atoms with van der Waals surface area (Å²) >= 11 is 0. The first-order valence-corrected chi connectivity index (χ1v) is 41.3. The number of rotatable bonds is 71. The van der Waals surface area contributed by atoms with Crippen molar-refractivity contribution in [3.05, 3.63) is 0 Å². The lowest BCUT2D eigenvalue weighted by molar-refractivity contribution is -0.161. The second-order valence-corrected chi connectivity index (χ2v) is 31.0. The molecule has 0 fully saturated rings. The van der Waals surface area contributed by atoms with Gasteiger partial charge in [-0.2, -0.15) is 0 Å². The number of carbonyl (C=O) groups excluding carboxylic acids is 4. The molecule has 0 spiro atoms. The Morgan fingerprint density at radius 3 is 0.763 bits per heavy atom. The molecule has 0 bridgehead atoms. The van der Waals surface area contributed by atoms with Gasteiger partial charge in [0.15, 0.2) is 12.2 Å². The molecule has 0 aromatic heterocycles. The molecule has 0 aromatic carbocycles. The van der Waals surface area contributed by atoms with Crippen LogP contribution in [-0.2, 0) is 65.4 Å². The van der Waals surface area contributed by atoms with Crippen molar-refractivity contribution in [1.29, 1.82) is 0 Å². The second kappa shape index (κ2) is 63.5. The number of carbonyl (C=O) groups is 4. The molecule has 17 nitrogen and oxygen atoms in total. The molecular formula is C74H144O17P2. The van der Waals surface area contributed by atoms with Crippen molar-refractivity contribution in [1.82, 2.24) is 0 Å². The number of hydrogen-bond acceptors (Lipinski definition) is 15. The molecule has 93 heavy (non-hydrogen) atoms. The molecule has 0 amide bonds. The maximum Gasteiger partial charge on any atom is 0.472 e. The Morgan fingerprint density at radius 1 is 0.301 bits per heavy atom. The van der Waals surface area contributed by atoms with E-state index in [2.05, 4.69) is 55.4 Å². The molecule has 0 aliphatic carbocycles. The zero-order chi connectivity index (χ0) is 68.9. The molecule has 5 unspecified atom stereocenters. The zero-order valence-electron chi connectivity index (χ0n) is 60.9. The number of hydrogen-bond donors (Lipinski definition) is 3. The van der Waals surface area contributed by atoms with Crippen molar-refractivity contribution >= 4 is 39.5 Å². The van der Waals surface area contributed by atoms with Crippen molar-refractivity contribution in [3.8, 4) is 0 Å². The fraction of sp³-hybridized carbons (Fsp3) is 0.946. The summed E-state index contributed by atoms with van der Waals surface area (Å²) in [5.74, 6) is 0.925. The first kappa shape index (κ1) is 91.1. The summed E-state index contributed by atoms with van der Waals surface area (Å²) in [5.41, 5.74) is 0. The molecule has 0 rings (SSSR count). The molecule has 3 N–H and O–H groups in total. The zero-order valence-corrected chi connectivity index (χ0v) is 62.7. The molecule has 0 aromatic rings. The number of unbranched alkanes of at least 4 members (excludes halogenated alkanes) is 35. The average molecular weight is 1370 g/mol. The Kier molecular flexibility index (Phi) is 62.2. The van der Waals surface area contributed by atoms with Gasteiger partial charge < -0.3 is 33.8 Å². The standard InChI is InChI=1S/C74H144O17P2/c1-9-66(7)52-44-36-28-22-18-13-11-12-14-19-23-29-38-46-54-71(76)84-60-69(90-73(78)56-48-40-30-24-20-16-15-17-21-26-34-42-50-64(3)4)62-88-92(80,81)86-58-68(75)59-87-93(82,83)89-63-70(91-74(79)57-49-41-33-32-37-45-53-67(8)10-2)61-85-72(77)55-47-39-31-25-27-35-43-51-65(5)6/h64-70,75H,9-63H2,1-8H3,(H,80,81)(H,82,83)/t66?,67?,68?,69-,70-/m1/s1. The molecular weight excluding hydrogens is 1220 g/mol. The summed E-state index contributed by atoms with van der Waals surface area (Å²) in [5, 5.41) is 10.6. The van der Waals surface area contributed by atoms with E-state index in [1.54, 1.807) is 0 Å². The van der Waals surface area contributed by atoms with Gasteiger partial charge in [-0.15, -0.1) is 0 Å². The van der Waals surface area contributed by atoms with Crippen LogP contribution in [0.25, 0.3) is 0 Å². The largest absolute Gasteiger partial charge is 0.472 e. The van der Waals surface area contributed by atoms with Crippen LogP contribution in [0.1, 0.15) is 370 Å². The van der Waals surface area contributed by atoms with Crippen LogP contribution in [0.4, 0.5) is 0 Å². The fourth-order valence-electron chi connectivity index (χ4n) is 11.1. The molecule has 552 valence electrons. The van der Waals surface area contributed by atoms with Crippen molar-refractivity contribution in [3.63, 3.8) is 0 Å². The first-order valence-electron chi connectivity index (χ1n) is 38.3. The normalized spacial score (nSPS) is 14.8. The van der Waals surface area contributed by atoms with Crippen LogP contribution < -0.4 is 0 Å². The van der Waals surface area contributed by atoms with Gasteiger partial charge >= 0.3 is 39.5 Å². The summed E-state index contributed by atoms with van der Waals surface area (Å²) in [6.07, 6.45) is 47.3. The van der Waals surface area contributed by atoms with E-state index in [4.69, 9.17) is 37.0 Å². The summed E-state index contributed by atoms with van der Waals surface area (Å²) in [6.45, 7) is 14.1. The number of phosphoric ester groups is 2. The van der Waals surface area contributed by atoms with Gasteiger partial charge in [0.05, 0.1) is 26.4 Å². The lowest BCUT2D eigenvalue weighted by Gasteiger charge is -2.21. The topological polar surface area (TPSA) is 237 Å². The predicted molar refractivity (Wildman–Crippen MR) is 377 cm³/mol. The molecule has 7 atom stereocenters. The van der Waals surface area contributed by atoms with E-state index in [1.807, 2.05) is 0 Å². The van der Waals surface area contributed by atoms with Crippen molar-refractivity contribution in [2.75, 3.05) is 39.6 Å². The SMILES string of the molecule is CCC(C)CCCCCCCCCCCCCCCCC(=O)OC[C@H](COP(=O)(O)OCC(O)COP(=O)(O)OC[C@@H](COC(=O)CCCCCCCCCC(C)C)OC(=O)CCCCCCCCC(C)CC)OC(=O)CCCCCCCCCCCCCCC(C)C. The van der Waals surface area contributed by atoms with E-state index in [0.717, 1.165) is 114 Å². The van der Waals surface area contributed by atoms with Crippen molar-refractivity contribution < 1.29 is 80.2 Å². The van der Waals surface area contributed by atoms with Crippen molar-refractivity contribution in [2.45, 2.75) is 388 Å². The molecule has 19 heteroatoms. The van der Waals surface area contributed by atoms with Gasteiger partial charge in [0, 0.05) is 25.7 Å². The summed E-state index contributed by atoms with van der Waals surface area (Å²) in [6, 6.07) is 0. The van der Waals surface area contributed by atoms with E-state index in [0.29, 0.717) is 31.6 Å². The van der Waals surface area contributed by atoms with Gasteiger partial charge in [-0.05, 0) is 49.4 Å². The summed E-state index contributed by atoms with van der Waals surface area (Å²) in [7, 11) is -9.91. The lowest BCUT2D eigenvalue weighted by atomic mass is 9.99. The Labute approximate surface area is 568 Å². The van der Waals surface area contributed by atoms with Crippen LogP contribution >= 0.6 is 15.6 Å². The minimum Gasteiger partial charge on any atom is -0.462 e. The number of aliphatic hydroxyl groups is 1. The van der Waals surface area contributed by atoms with Crippen LogP contribution in [0.3, 0.4) is 0 Å². The fourth-order valence-corrected chi connectivity index (χ4v) is 12.7. The van der Waals surface area contributed by atoms with Gasteiger partial charge in [-0.1, -0.05) is 319 Å². The molecule has 0 saturated heterocycles. The third kappa shape index (κ3) is 65.8. The Balaban J connectivity index is 5.23. The van der Waals surface area contributed by atoms with Crippen LogP contribution in [-0.4, -0.2) is 96.7 Å². The van der Waals surface area contributed by atoms with Crippen LogP contribution in [0.15, 0.2) is 0 Å². The highest BCUT2D eigenvalue weighted by molar-refractivity contribution is 7.47. The average Bonchev–Trinajstić information content (AvgIpc) is 1.89. The number of ether oxygens (including phenoxy) is 4. The van der Waals surface area contributed by atoms with E-state index in [9.17, 15) is 43.2 Å². The highest BCUT2D eigenvalue weighted by atomic mass is 31.2. The Bertz CT molecular complexity index is 1840. The van der Waals surface area contributed by atoms with E-state index in [1.165, 1.54) is 167 Å². The summed E-state index contributed by atoms with van der Waals surface area (Å²) < 4.78 is 68.4. The number of esters is 4. The van der Waals surface area contributed by atoms with Gasteiger partial charge in [-0.25, -0.2) is 9.13 Å². The minimum absolute atomic E-state index is 0.102. The lowest BCUT2D eigenvalue weighted by Crippen LogP contribution is -2.30. The maximum atomic E-state index is 13.1.